The van der Waals surface area contributed by atoms with Crippen molar-refractivity contribution in [2.24, 2.45) is 0 Å². The molecule has 3 aromatic rings. The Bertz CT molecular complexity index is 1530. The van der Waals surface area contributed by atoms with Crippen molar-refractivity contribution < 1.29 is 26.4 Å². The van der Waals surface area contributed by atoms with Crippen LogP contribution in [0.4, 0.5) is 17.1 Å². The molecule has 38 heavy (non-hydrogen) atoms. The Morgan fingerprint density at radius 1 is 0.921 bits per heavy atom. The topological polar surface area (TPSA) is 122 Å². The van der Waals surface area contributed by atoms with Crippen molar-refractivity contribution in [1.29, 1.82) is 0 Å². The molecule has 14 heteroatoms. The molecule has 0 aliphatic carbocycles. The number of nitrogens with zero attached hydrogens (tertiary/aromatic N) is 1. The second-order valence-electron chi connectivity index (χ2n) is 8.06. The van der Waals surface area contributed by atoms with E-state index in [2.05, 4.69) is 10.0 Å². The summed E-state index contributed by atoms with van der Waals surface area (Å²) < 4.78 is 58.6. The van der Waals surface area contributed by atoms with Gasteiger partial charge in [0, 0.05) is 23.7 Å². The second-order valence-corrected chi connectivity index (χ2v) is 12.9. The highest BCUT2D eigenvalue weighted by Crippen LogP contribution is 2.31. The van der Waals surface area contributed by atoms with Gasteiger partial charge in [-0.1, -0.05) is 34.8 Å². The first-order valence-corrected chi connectivity index (χ1v) is 15.5. The molecule has 0 spiro atoms. The van der Waals surface area contributed by atoms with Crippen molar-refractivity contribution in [2.75, 3.05) is 34.3 Å². The van der Waals surface area contributed by atoms with Gasteiger partial charge in [-0.05, 0) is 67.1 Å². The third-order valence-corrected chi connectivity index (χ3v) is 8.63. The van der Waals surface area contributed by atoms with E-state index in [9.17, 15) is 21.6 Å². The van der Waals surface area contributed by atoms with Gasteiger partial charge in [0.05, 0.1) is 39.7 Å². The highest BCUT2D eigenvalue weighted by atomic mass is 35.5. The fourth-order valence-corrected chi connectivity index (χ4v) is 6.20. The first kappa shape index (κ1) is 29.9. The molecule has 0 radical (unpaired) electrons. The summed E-state index contributed by atoms with van der Waals surface area (Å²) in [6.07, 6.45) is 1.31. The van der Waals surface area contributed by atoms with Crippen LogP contribution < -0.4 is 19.1 Å². The molecule has 3 aromatic carbocycles. The molecule has 0 aliphatic heterocycles. The predicted octanol–water partition coefficient (Wildman–Crippen LogP) is 5.64. The lowest BCUT2D eigenvalue weighted by Gasteiger charge is -2.23. The van der Waals surface area contributed by atoms with Gasteiger partial charge in [-0.3, -0.25) is 13.8 Å². The van der Waals surface area contributed by atoms with Crippen LogP contribution in [0.3, 0.4) is 0 Å². The summed E-state index contributed by atoms with van der Waals surface area (Å²) in [5.41, 5.74) is 0.901. The van der Waals surface area contributed by atoms with E-state index >= 15 is 0 Å². The minimum absolute atomic E-state index is 0.0204. The number of benzene rings is 3. The third kappa shape index (κ3) is 7.90. The van der Waals surface area contributed by atoms with E-state index in [1.165, 1.54) is 55.6 Å². The predicted molar refractivity (Wildman–Crippen MR) is 152 cm³/mol. The van der Waals surface area contributed by atoms with Crippen LogP contribution in [0.1, 0.15) is 12.8 Å². The van der Waals surface area contributed by atoms with Gasteiger partial charge < -0.3 is 10.1 Å². The summed E-state index contributed by atoms with van der Waals surface area (Å²) in [4.78, 5) is 12.4. The minimum atomic E-state index is -3.94. The quantitative estimate of drug-likeness (QED) is 0.286. The first-order valence-electron chi connectivity index (χ1n) is 11.0. The molecule has 9 nitrogen and oxygen atoms in total. The van der Waals surface area contributed by atoms with E-state index in [-0.39, 0.29) is 45.9 Å². The van der Waals surface area contributed by atoms with Crippen molar-refractivity contribution in [1.82, 2.24) is 0 Å². The molecule has 0 bridgehead atoms. The average molecular weight is 621 g/mol. The maximum absolute atomic E-state index is 12.7. The van der Waals surface area contributed by atoms with Crippen LogP contribution in [-0.4, -0.2) is 42.7 Å². The zero-order chi connectivity index (χ0) is 28.1. The summed E-state index contributed by atoms with van der Waals surface area (Å²) in [6, 6.07) is 14.5. The van der Waals surface area contributed by atoms with Gasteiger partial charge in [0.25, 0.3) is 10.0 Å². The van der Waals surface area contributed by atoms with Crippen LogP contribution in [0.25, 0.3) is 0 Å². The number of ether oxygens (including phenoxy) is 1. The maximum Gasteiger partial charge on any atom is 0.261 e. The highest BCUT2D eigenvalue weighted by molar-refractivity contribution is 7.92. The average Bonchev–Trinajstić information content (AvgIpc) is 2.83. The van der Waals surface area contributed by atoms with Gasteiger partial charge in [0.15, 0.2) is 0 Å². The van der Waals surface area contributed by atoms with Crippen LogP contribution in [0, 0.1) is 0 Å². The fourth-order valence-electron chi connectivity index (χ4n) is 3.40. The van der Waals surface area contributed by atoms with Crippen molar-refractivity contribution in [2.45, 2.75) is 17.7 Å². The van der Waals surface area contributed by atoms with Crippen LogP contribution in [0.2, 0.25) is 15.1 Å². The van der Waals surface area contributed by atoms with Crippen molar-refractivity contribution >= 4 is 77.8 Å². The summed E-state index contributed by atoms with van der Waals surface area (Å²) in [5.74, 6) is 0.0412. The molecule has 204 valence electrons. The van der Waals surface area contributed by atoms with Crippen LogP contribution in [-0.2, 0) is 24.8 Å². The number of methoxy groups -OCH3 is 1. The molecule has 1 amide bonds. The number of sulfonamides is 2. The Labute approximate surface area is 236 Å². The van der Waals surface area contributed by atoms with E-state index in [0.29, 0.717) is 22.1 Å². The molecule has 3 rings (SSSR count). The van der Waals surface area contributed by atoms with E-state index in [1.807, 2.05) is 0 Å². The molecule has 0 aromatic heterocycles. The van der Waals surface area contributed by atoms with Crippen LogP contribution in [0.5, 0.6) is 5.75 Å². The normalized spacial score (nSPS) is 11.6. The zero-order valence-corrected chi connectivity index (χ0v) is 24.1. The van der Waals surface area contributed by atoms with E-state index in [4.69, 9.17) is 39.5 Å². The third-order valence-electron chi connectivity index (χ3n) is 5.21. The Hall–Kier alpha value is -2.70. The lowest BCUT2D eigenvalue weighted by Crippen LogP contribution is -2.31. The van der Waals surface area contributed by atoms with Crippen molar-refractivity contribution in [3.8, 4) is 5.75 Å². The number of anilines is 3. The number of nitrogens with one attached hydrogen (secondary N) is 2. The number of halogens is 3. The Morgan fingerprint density at radius 2 is 1.61 bits per heavy atom. The Morgan fingerprint density at radius 3 is 2.18 bits per heavy atom. The number of carbonyl (C=O) groups excluding carboxylic acids is 1. The Kier molecular flexibility index (Phi) is 9.77. The molecule has 0 aliphatic rings. The largest absolute Gasteiger partial charge is 0.495 e. The Balaban J connectivity index is 1.59. The van der Waals surface area contributed by atoms with Crippen LogP contribution in [0.15, 0.2) is 65.6 Å². The lowest BCUT2D eigenvalue weighted by atomic mass is 10.2. The molecular formula is C24H24Cl3N3O6S2. The van der Waals surface area contributed by atoms with Gasteiger partial charge >= 0.3 is 0 Å². The molecule has 0 unspecified atom stereocenters. The van der Waals surface area contributed by atoms with E-state index < -0.39 is 20.0 Å². The van der Waals surface area contributed by atoms with Gasteiger partial charge in [-0.15, -0.1) is 0 Å². The summed E-state index contributed by atoms with van der Waals surface area (Å²) in [6.45, 7) is 0.0466. The lowest BCUT2D eigenvalue weighted by molar-refractivity contribution is -0.116. The van der Waals surface area contributed by atoms with Crippen LogP contribution >= 0.6 is 34.8 Å². The molecule has 0 saturated carbocycles. The molecule has 0 heterocycles. The molecular weight excluding hydrogens is 597 g/mol. The molecule has 0 fully saturated rings. The second kappa shape index (κ2) is 12.4. The summed E-state index contributed by atoms with van der Waals surface area (Å²) in [5, 5.41) is 3.44. The fraction of sp³-hybridized carbons (Fsp3) is 0.208. The summed E-state index contributed by atoms with van der Waals surface area (Å²) >= 11 is 18.0. The SMILES string of the molecule is COc1ccc(N(CCCC(=O)Nc2ccc(S(=O)(=O)Nc3ccc(Cl)cc3Cl)cc2)S(C)(=O)=O)cc1Cl. The van der Waals surface area contributed by atoms with Gasteiger partial charge in [0.1, 0.15) is 5.75 Å². The number of hydrogen-bond donors (Lipinski definition) is 2. The zero-order valence-electron chi connectivity index (χ0n) is 20.2. The smallest absolute Gasteiger partial charge is 0.261 e. The highest BCUT2D eigenvalue weighted by Gasteiger charge is 2.20. The van der Waals surface area contributed by atoms with Crippen molar-refractivity contribution in [3.05, 3.63) is 75.7 Å². The maximum atomic E-state index is 12.7. The first-order chi connectivity index (χ1) is 17.8. The molecule has 2 N–H and O–H groups in total. The minimum Gasteiger partial charge on any atom is -0.495 e. The summed E-state index contributed by atoms with van der Waals surface area (Å²) in [7, 11) is -6.12. The molecule has 0 saturated heterocycles. The number of rotatable bonds is 11. The van der Waals surface area contributed by atoms with E-state index in [0.717, 1.165) is 10.6 Å². The van der Waals surface area contributed by atoms with Crippen molar-refractivity contribution in [3.63, 3.8) is 0 Å². The van der Waals surface area contributed by atoms with Gasteiger partial charge in [-0.25, -0.2) is 16.8 Å². The van der Waals surface area contributed by atoms with E-state index in [1.54, 1.807) is 12.1 Å². The molecule has 0 atom stereocenters. The standard InChI is InChI=1S/C24H24Cl3N3O6S2/c1-36-23-12-8-18(15-21(23)27)30(37(2,32)33)13-3-4-24(31)28-17-6-9-19(10-7-17)38(34,35)29-22-11-5-16(25)14-20(22)26/h5-12,14-15,29H,3-4,13H2,1-2H3,(H,28,31). The number of amides is 1. The number of hydrogen-bond acceptors (Lipinski definition) is 6. The number of carbonyl (C=O) groups is 1. The van der Waals surface area contributed by atoms with Gasteiger partial charge in [-0.2, -0.15) is 0 Å². The van der Waals surface area contributed by atoms with Gasteiger partial charge in [0.2, 0.25) is 15.9 Å². The monoisotopic (exact) mass is 619 g/mol.